The number of unbranched alkanes of at least 4 members (excludes halogenated alkanes) is 2. The molecule has 0 aliphatic rings. The van der Waals surface area contributed by atoms with Crippen molar-refractivity contribution in [1.29, 1.82) is 0 Å². The van der Waals surface area contributed by atoms with Crippen LogP contribution in [0.5, 0.6) is 0 Å². The predicted molar refractivity (Wildman–Crippen MR) is 79.7 cm³/mol. The first-order chi connectivity index (χ1) is 9.36. The van der Waals surface area contributed by atoms with Crippen LogP contribution in [-0.2, 0) is 19.6 Å². The minimum absolute atomic E-state index is 0.0642. The zero-order chi connectivity index (χ0) is 15.6. The highest BCUT2D eigenvalue weighted by Gasteiger charge is 2.33. The number of carbonyl (C=O) groups is 1. The fourth-order valence-corrected chi connectivity index (χ4v) is 2.31. The van der Waals surface area contributed by atoms with Gasteiger partial charge in [-0.15, -0.1) is 0 Å². The van der Waals surface area contributed by atoms with Crippen molar-refractivity contribution in [3.05, 3.63) is 0 Å². The zero-order valence-electron chi connectivity index (χ0n) is 14.0. The van der Waals surface area contributed by atoms with Crippen molar-refractivity contribution in [3.63, 3.8) is 0 Å². The molecule has 0 heterocycles. The summed E-state index contributed by atoms with van der Waals surface area (Å²) < 4.78 is 0. The third kappa shape index (κ3) is 7.85. The molecule has 0 aliphatic heterocycles. The van der Waals surface area contributed by atoms with Crippen LogP contribution in [0, 0.1) is 11.3 Å². The summed E-state index contributed by atoms with van der Waals surface area (Å²) in [5.41, 5.74) is -0.0642. The van der Waals surface area contributed by atoms with Crippen LogP contribution in [0.3, 0.4) is 0 Å². The lowest BCUT2D eigenvalue weighted by molar-refractivity contribution is -0.513. The third-order valence-electron chi connectivity index (χ3n) is 3.58. The normalized spacial score (nSPS) is 13.6. The molecule has 0 aromatic rings. The minimum Gasteiger partial charge on any atom is -0.269 e. The van der Waals surface area contributed by atoms with Crippen LogP contribution in [0.4, 0.5) is 0 Å². The van der Waals surface area contributed by atoms with Crippen LogP contribution in [0.2, 0.25) is 0 Å². The molecule has 20 heavy (non-hydrogen) atoms. The monoisotopic (exact) mass is 288 g/mol. The molecule has 0 aliphatic carbocycles. The van der Waals surface area contributed by atoms with E-state index in [1.54, 1.807) is 0 Å². The fraction of sp³-hybridized carbons (Fsp3) is 0.938. The summed E-state index contributed by atoms with van der Waals surface area (Å²) in [5.74, 6) is 0.0180. The van der Waals surface area contributed by atoms with Crippen molar-refractivity contribution in [3.8, 4) is 0 Å². The lowest BCUT2D eigenvalue weighted by Crippen LogP contribution is -2.36. The molecule has 0 saturated heterocycles. The Morgan fingerprint density at radius 1 is 1.05 bits per heavy atom. The molecule has 4 nitrogen and oxygen atoms in total. The van der Waals surface area contributed by atoms with Gasteiger partial charge in [0.05, 0.1) is 0 Å². The van der Waals surface area contributed by atoms with Gasteiger partial charge >= 0.3 is 5.97 Å². The molecule has 1 unspecified atom stereocenters. The number of hydrogen-bond donors (Lipinski definition) is 0. The van der Waals surface area contributed by atoms with Crippen molar-refractivity contribution in [2.45, 2.75) is 86.2 Å². The van der Waals surface area contributed by atoms with Gasteiger partial charge in [0.2, 0.25) is 0 Å². The highest BCUT2D eigenvalue weighted by atomic mass is 17.5. The van der Waals surface area contributed by atoms with Gasteiger partial charge in [0.15, 0.2) is 0 Å². The maximum atomic E-state index is 11.4. The predicted octanol–water partition coefficient (Wildman–Crippen LogP) is 4.82. The van der Waals surface area contributed by atoms with E-state index in [4.69, 9.17) is 14.8 Å². The van der Waals surface area contributed by atoms with Crippen molar-refractivity contribution in [1.82, 2.24) is 0 Å². The van der Waals surface area contributed by atoms with Crippen LogP contribution in [-0.4, -0.2) is 12.1 Å². The van der Waals surface area contributed by atoms with E-state index >= 15 is 0 Å². The van der Waals surface area contributed by atoms with Gasteiger partial charge in [-0.25, -0.2) is 4.79 Å². The Kier molecular flexibility index (Phi) is 9.86. The minimum atomic E-state index is -0.365. The Balaban J connectivity index is 4.18. The molecule has 0 amide bonds. The Morgan fingerprint density at radius 2 is 1.65 bits per heavy atom. The average Bonchev–Trinajstić information content (AvgIpc) is 2.37. The van der Waals surface area contributed by atoms with Gasteiger partial charge in [0.25, 0.3) is 0 Å². The maximum absolute atomic E-state index is 11.4. The highest BCUT2D eigenvalue weighted by Crippen LogP contribution is 2.32. The molecule has 4 heteroatoms. The average molecular weight is 288 g/mol. The molecule has 0 saturated carbocycles. The van der Waals surface area contributed by atoms with E-state index in [2.05, 4.69) is 41.5 Å². The summed E-state index contributed by atoms with van der Waals surface area (Å²) in [7, 11) is 0. The first-order valence-corrected chi connectivity index (χ1v) is 7.89. The molecule has 120 valence electrons. The molecule has 1 atom stereocenters. The zero-order valence-corrected chi connectivity index (χ0v) is 14.0. The Bertz CT molecular complexity index is 254. The number of rotatable bonds is 10. The molecular formula is C16H32O4. The van der Waals surface area contributed by atoms with E-state index in [1.807, 2.05) is 0 Å². The molecule has 0 fully saturated rings. The van der Waals surface area contributed by atoms with Crippen molar-refractivity contribution < 1.29 is 19.6 Å². The second kappa shape index (κ2) is 10.2. The molecule has 0 spiro atoms. The Labute approximate surface area is 124 Å². The summed E-state index contributed by atoms with van der Waals surface area (Å²) in [6.45, 7) is 12.7. The summed E-state index contributed by atoms with van der Waals surface area (Å²) in [6, 6.07) is 0. The first kappa shape index (κ1) is 19.4. The van der Waals surface area contributed by atoms with E-state index in [9.17, 15) is 4.79 Å². The Hall–Kier alpha value is -0.610. The smallest absolute Gasteiger partial charge is 0.269 e. The topological polar surface area (TPSA) is 44.8 Å². The molecular weight excluding hydrogens is 256 g/mol. The van der Waals surface area contributed by atoms with Gasteiger partial charge in [-0.05, 0) is 22.8 Å². The van der Waals surface area contributed by atoms with Gasteiger partial charge < -0.3 is 0 Å². The van der Waals surface area contributed by atoms with Gasteiger partial charge in [-0.1, -0.05) is 67.2 Å². The number of hydrogen-bond acceptors (Lipinski definition) is 4. The van der Waals surface area contributed by atoms with Crippen LogP contribution in [0.15, 0.2) is 0 Å². The fourth-order valence-electron chi connectivity index (χ4n) is 2.31. The van der Waals surface area contributed by atoms with E-state index in [0.29, 0.717) is 12.3 Å². The molecule has 0 radical (unpaired) electrons. The second-order valence-electron chi connectivity index (χ2n) is 6.44. The van der Waals surface area contributed by atoms with Crippen LogP contribution in [0.25, 0.3) is 0 Å². The van der Waals surface area contributed by atoms with Crippen LogP contribution >= 0.6 is 0 Å². The molecule has 0 aromatic heterocycles. The van der Waals surface area contributed by atoms with Crippen molar-refractivity contribution in [2.75, 3.05) is 0 Å². The summed E-state index contributed by atoms with van der Waals surface area (Å²) in [5, 5.41) is 4.75. The second-order valence-corrected chi connectivity index (χ2v) is 6.44. The first-order valence-electron chi connectivity index (χ1n) is 7.89. The molecule has 0 aromatic carbocycles. The van der Waals surface area contributed by atoms with Gasteiger partial charge in [0.1, 0.15) is 6.10 Å². The van der Waals surface area contributed by atoms with Crippen LogP contribution < -0.4 is 0 Å². The van der Waals surface area contributed by atoms with E-state index in [1.165, 1.54) is 0 Å². The standard InChI is InChI=1S/C16H32O4/c1-7-10-11-12-14(17)18-20-19-15(16(4,5)6)13(8-2)9-3/h13,15H,7-12H2,1-6H3. The van der Waals surface area contributed by atoms with E-state index in [0.717, 1.165) is 32.1 Å². The summed E-state index contributed by atoms with van der Waals surface area (Å²) in [6.07, 6.45) is 5.22. The lowest BCUT2D eigenvalue weighted by atomic mass is 9.79. The summed E-state index contributed by atoms with van der Waals surface area (Å²) >= 11 is 0. The SMILES string of the molecule is CCCCCC(=O)OOOC(C(CC)CC)C(C)(C)C. The molecule has 0 rings (SSSR count). The van der Waals surface area contributed by atoms with Crippen molar-refractivity contribution >= 4 is 5.97 Å². The lowest BCUT2D eigenvalue weighted by Gasteiger charge is -2.33. The largest absolute Gasteiger partial charge is 0.345 e. The van der Waals surface area contributed by atoms with Gasteiger partial charge in [-0.2, -0.15) is 4.89 Å². The summed E-state index contributed by atoms with van der Waals surface area (Å²) in [4.78, 5) is 21.5. The number of carbonyl (C=O) groups excluding carboxylic acids is 1. The molecule has 0 N–H and O–H groups in total. The van der Waals surface area contributed by atoms with Crippen molar-refractivity contribution in [2.24, 2.45) is 11.3 Å². The van der Waals surface area contributed by atoms with E-state index in [-0.39, 0.29) is 17.5 Å². The third-order valence-corrected chi connectivity index (χ3v) is 3.58. The van der Waals surface area contributed by atoms with Crippen LogP contribution in [0.1, 0.15) is 80.1 Å². The Morgan fingerprint density at radius 3 is 2.10 bits per heavy atom. The van der Waals surface area contributed by atoms with Gasteiger partial charge in [-0.3, -0.25) is 4.89 Å². The molecule has 0 bridgehead atoms. The van der Waals surface area contributed by atoms with E-state index < -0.39 is 0 Å². The maximum Gasteiger partial charge on any atom is 0.345 e. The van der Waals surface area contributed by atoms with Gasteiger partial charge in [0, 0.05) is 6.42 Å². The quantitative estimate of drug-likeness (QED) is 0.328. The highest BCUT2D eigenvalue weighted by molar-refractivity contribution is 5.68.